The van der Waals surface area contributed by atoms with Crippen LogP contribution in [0.3, 0.4) is 0 Å². The molecule has 0 saturated heterocycles. The van der Waals surface area contributed by atoms with Crippen LogP contribution in [0, 0.1) is 0 Å². The van der Waals surface area contributed by atoms with Crippen molar-refractivity contribution in [3.63, 3.8) is 0 Å². The van der Waals surface area contributed by atoms with Crippen LogP contribution in [0.5, 0.6) is 5.75 Å². The molecule has 4 nitrogen and oxygen atoms in total. The molecule has 1 aromatic heterocycles. The molecule has 1 aromatic carbocycles. The van der Waals surface area contributed by atoms with Gasteiger partial charge in [-0.1, -0.05) is 0 Å². The second-order valence-electron chi connectivity index (χ2n) is 3.47. The van der Waals surface area contributed by atoms with Crippen molar-refractivity contribution in [2.45, 2.75) is 6.42 Å². The second kappa shape index (κ2) is 4.26. The number of hydrogen-bond donors (Lipinski definition) is 1. The van der Waals surface area contributed by atoms with Crippen molar-refractivity contribution < 1.29 is 13.9 Å². The molecular formula is C12H13NO3. The quantitative estimate of drug-likeness (QED) is 0.855. The minimum atomic E-state index is -0.0291. The van der Waals surface area contributed by atoms with Gasteiger partial charge in [0.05, 0.1) is 19.8 Å². The number of methoxy groups -OCH3 is 1. The van der Waals surface area contributed by atoms with Gasteiger partial charge in [-0.3, -0.25) is 4.79 Å². The number of likely N-dealkylation sites (N-methyl/N-ethyl adjacent to an activating group) is 1. The minimum Gasteiger partial charge on any atom is -0.497 e. The molecule has 16 heavy (non-hydrogen) atoms. The predicted molar refractivity (Wildman–Crippen MR) is 60.5 cm³/mol. The van der Waals surface area contributed by atoms with Crippen LogP contribution in [-0.2, 0) is 11.2 Å². The lowest BCUT2D eigenvalue weighted by atomic mass is 10.1. The molecule has 2 rings (SSSR count). The highest BCUT2D eigenvalue weighted by atomic mass is 16.5. The average molecular weight is 219 g/mol. The van der Waals surface area contributed by atoms with E-state index >= 15 is 0 Å². The molecule has 1 amide bonds. The monoisotopic (exact) mass is 219 g/mol. The van der Waals surface area contributed by atoms with Gasteiger partial charge in [0.2, 0.25) is 5.91 Å². The summed E-state index contributed by atoms with van der Waals surface area (Å²) in [6, 6.07) is 5.56. The molecule has 1 heterocycles. The maximum atomic E-state index is 11.3. The van der Waals surface area contributed by atoms with Gasteiger partial charge in [0.15, 0.2) is 0 Å². The van der Waals surface area contributed by atoms with Crippen LogP contribution in [0.4, 0.5) is 0 Å². The van der Waals surface area contributed by atoms with Gasteiger partial charge in [0, 0.05) is 24.1 Å². The van der Waals surface area contributed by atoms with Gasteiger partial charge >= 0.3 is 0 Å². The fourth-order valence-corrected chi connectivity index (χ4v) is 1.59. The number of carbonyl (C=O) groups excluding carboxylic acids is 1. The molecule has 2 aromatic rings. The molecule has 4 heteroatoms. The Morgan fingerprint density at radius 2 is 2.31 bits per heavy atom. The molecule has 0 fully saturated rings. The van der Waals surface area contributed by atoms with E-state index in [1.807, 2.05) is 18.2 Å². The zero-order valence-electron chi connectivity index (χ0n) is 9.24. The van der Waals surface area contributed by atoms with E-state index in [0.29, 0.717) is 6.42 Å². The first-order valence-electron chi connectivity index (χ1n) is 4.99. The van der Waals surface area contributed by atoms with Gasteiger partial charge in [0.25, 0.3) is 0 Å². The molecule has 84 valence electrons. The number of fused-ring (bicyclic) bond motifs is 1. The number of hydrogen-bond acceptors (Lipinski definition) is 3. The number of ether oxygens (including phenoxy) is 1. The van der Waals surface area contributed by atoms with E-state index in [1.165, 1.54) is 0 Å². The van der Waals surface area contributed by atoms with Crippen molar-refractivity contribution in [2.24, 2.45) is 0 Å². The zero-order valence-corrected chi connectivity index (χ0v) is 9.24. The molecule has 0 aliphatic carbocycles. The molecule has 0 bridgehead atoms. The van der Waals surface area contributed by atoms with Crippen molar-refractivity contribution in [3.8, 4) is 5.75 Å². The van der Waals surface area contributed by atoms with Crippen LogP contribution >= 0.6 is 0 Å². The van der Waals surface area contributed by atoms with E-state index in [2.05, 4.69) is 5.32 Å². The van der Waals surface area contributed by atoms with Crippen LogP contribution in [0.25, 0.3) is 11.0 Å². The SMILES string of the molecule is CNC(=O)Cc1coc2cc(OC)ccc12. The Morgan fingerprint density at radius 3 is 3.00 bits per heavy atom. The first kappa shape index (κ1) is 10.5. The standard InChI is InChI=1S/C12H13NO3/c1-13-12(14)5-8-7-16-11-6-9(15-2)3-4-10(8)11/h3-4,6-7H,5H2,1-2H3,(H,13,14). The van der Waals surface area contributed by atoms with Crippen molar-refractivity contribution in [1.29, 1.82) is 0 Å². The first-order chi connectivity index (χ1) is 7.74. The summed E-state index contributed by atoms with van der Waals surface area (Å²) in [4.78, 5) is 11.3. The molecular weight excluding hydrogens is 206 g/mol. The normalized spacial score (nSPS) is 10.4. The summed E-state index contributed by atoms with van der Waals surface area (Å²) >= 11 is 0. The Balaban J connectivity index is 2.37. The van der Waals surface area contributed by atoms with Gasteiger partial charge in [-0.05, 0) is 12.1 Å². The molecule has 0 aliphatic rings. The van der Waals surface area contributed by atoms with Crippen LogP contribution < -0.4 is 10.1 Å². The summed E-state index contributed by atoms with van der Waals surface area (Å²) in [5.74, 6) is 0.715. The Morgan fingerprint density at radius 1 is 1.50 bits per heavy atom. The predicted octanol–water partition coefficient (Wildman–Crippen LogP) is 1.73. The summed E-state index contributed by atoms with van der Waals surface area (Å²) in [7, 11) is 3.23. The van der Waals surface area contributed by atoms with E-state index < -0.39 is 0 Å². The second-order valence-corrected chi connectivity index (χ2v) is 3.47. The Kier molecular flexibility index (Phi) is 2.81. The van der Waals surface area contributed by atoms with E-state index in [9.17, 15) is 4.79 Å². The van der Waals surface area contributed by atoms with Gasteiger partial charge < -0.3 is 14.5 Å². The molecule has 0 atom stereocenters. The Labute approximate surface area is 93.2 Å². The van der Waals surface area contributed by atoms with Crippen LogP contribution in [0.2, 0.25) is 0 Å². The summed E-state index contributed by atoms with van der Waals surface area (Å²) in [6.45, 7) is 0. The van der Waals surface area contributed by atoms with Crippen molar-refractivity contribution in [2.75, 3.05) is 14.2 Å². The van der Waals surface area contributed by atoms with E-state index in [-0.39, 0.29) is 5.91 Å². The number of amides is 1. The topological polar surface area (TPSA) is 51.5 Å². The minimum absolute atomic E-state index is 0.0291. The largest absolute Gasteiger partial charge is 0.497 e. The molecule has 0 unspecified atom stereocenters. The first-order valence-corrected chi connectivity index (χ1v) is 4.99. The maximum Gasteiger partial charge on any atom is 0.224 e. The number of furan rings is 1. The van der Waals surface area contributed by atoms with Gasteiger partial charge in [-0.25, -0.2) is 0 Å². The third kappa shape index (κ3) is 1.86. The zero-order chi connectivity index (χ0) is 11.5. The molecule has 0 radical (unpaired) electrons. The highest BCUT2D eigenvalue weighted by Crippen LogP contribution is 2.25. The van der Waals surface area contributed by atoms with Crippen LogP contribution in [-0.4, -0.2) is 20.1 Å². The van der Waals surface area contributed by atoms with Crippen LogP contribution in [0.15, 0.2) is 28.9 Å². The number of carbonyl (C=O) groups is 1. The lowest BCUT2D eigenvalue weighted by Gasteiger charge is -1.99. The third-order valence-electron chi connectivity index (χ3n) is 2.49. The highest BCUT2D eigenvalue weighted by molar-refractivity contribution is 5.88. The van der Waals surface area contributed by atoms with Crippen molar-refractivity contribution in [3.05, 3.63) is 30.0 Å². The number of benzene rings is 1. The Hall–Kier alpha value is -1.97. The molecule has 0 spiro atoms. The smallest absolute Gasteiger partial charge is 0.224 e. The van der Waals surface area contributed by atoms with Crippen LogP contribution in [0.1, 0.15) is 5.56 Å². The molecule has 0 aliphatic heterocycles. The van der Waals surface area contributed by atoms with E-state index in [4.69, 9.17) is 9.15 Å². The lowest BCUT2D eigenvalue weighted by Crippen LogP contribution is -2.19. The van der Waals surface area contributed by atoms with Crippen molar-refractivity contribution in [1.82, 2.24) is 5.32 Å². The van der Waals surface area contributed by atoms with Gasteiger partial charge in [-0.2, -0.15) is 0 Å². The number of rotatable bonds is 3. The summed E-state index contributed by atoms with van der Waals surface area (Å²) in [6.07, 6.45) is 1.94. The fourth-order valence-electron chi connectivity index (χ4n) is 1.59. The van der Waals surface area contributed by atoms with E-state index in [0.717, 1.165) is 22.3 Å². The van der Waals surface area contributed by atoms with Gasteiger partial charge in [-0.15, -0.1) is 0 Å². The average Bonchev–Trinajstić information content (AvgIpc) is 2.71. The summed E-state index contributed by atoms with van der Waals surface area (Å²) in [5.41, 5.74) is 1.62. The summed E-state index contributed by atoms with van der Waals surface area (Å²) < 4.78 is 10.5. The maximum absolute atomic E-state index is 11.3. The van der Waals surface area contributed by atoms with E-state index in [1.54, 1.807) is 20.4 Å². The number of nitrogens with one attached hydrogen (secondary N) is 1. The lowest BCUT2D eigenvalue weighted by molar-refractivity contribution is -0.119. The molecule has 0 saturated carbocycles. The molecule has 1 N–H and O–H groups in total. The highest BCUT2D eigenvalue weighted by Gasteiger charge is 2.09. The Bertz CT molecular complexity index is 516. The van der Waals surface area contributed by atoms with Gasteiger partial charge in [0.1, 0.15) is 11.3 Å². The third-order valence-corrected chi connectivity index (χ3v) is 2.49. The summed E-state index contributed by atoms with van der Waals surface area (Å²) in [5, 5.41) is 3.53. The van der Waals surface area contributed by atoms with Crippen molar-refractivity contribution >= 4 is 16.9 Å². The fraction of sp³-hybridized carbons (Fsp3) is 0.250.